The average molecular weight is 454 g/mol. The summed E-state index contributed by atoms with van der Waals surface area (Å²) in [5, 5.41) is 2.86. The maximum atomic E-state index is 13.0. The number of rotatable bonds is 6. The Morgan fingerprint density at radius 3 is 2.42 bits per heavy atom. The van der Waals surface area contributed by atoms with E-state index in [1.54, 1.807) is 25.1 Å². The molecule has 0 atom stereocenters. The van der Waals surface area contributed by atoms with Crippen molar-refractivity contribution in [3.63, 3.8) is 0 Å². The summed E-state index contributed by atoms with van der Waals surface area (Å²) in [5.74, 6) is 0.234. The number of hydrogen-bond donors (Lipinski definition) is 1. The Hall–Kier alpha value is -1.56. The van der Waals surface area contributed by atoms with Gasteiger partial charge in [0.25, 0.3) is 0 Å². The number of nitrogens with one attached hydrogen (secondary N) is 1. The Balaban J connectivity index is 1.34. The number of likely N-dealkylation sites (tertiary alicyclic amines) is 1. The van der Waals surface area contributed by atoms with E-state index in [2.05, 4.69) is 10.2 Å². The average Bonchev–Trinajstić information content (AvgIpc) is 3.31. The molecule has 0 unspecified atom stereocenters. The minimum absolute atomic E-state index is 0.102. The molecule has 0 spiro atoms. The number of sulfonamides is 1. The number of benzene rings is 1. The predicted molar refractivity (Wildman–Crippen MR) is 114 cm³/mol. The van der Waals surface area contributed by atoms with E-state index >= 15 is 0 Å². The molecule has 3 aliphatic rings. The molecule has 4 rings (SSSR count). The molecule has 0 radical (unpaired) electrons. The summed E-state index contributed by atoms with van der Waals surface area (Å²) in [6, 6.07) is 5.03. The second-order valence-electron chi connectivity index (χ2n) is 8.27. The van der Waals surface area contributed by atoms with Crippen LogP contribution in [0.4, 0.5) is 5.69 Å². The third-order valence-electron chi connectivity index (χ3n) is 6.09. The quantitative estimate of drug-likeness (QED) is 0.687. The van der Waals surface area contributed by atoms with Crippen molar-refractivity contribution in [1.29, 1.82) is 0 Å². The van der Waals surface area contributed by atoms with Crippen LogP contribution in [0.25, 0.3) is 0 Å². The minimum Gasteiger partial charge on any atom is -0.379 e. The standard InChI is InChI=1S/C21H31N3O6S/c1-16-2-3-18(14-19(16)31(26,27)24-8-10-28-11-9-24)22-20(25)15-23-6-4-17(5-7-23)21-29-12-13-30-21/h2-3,14,17,21H,4-13,15H2,1H3,(H,22,25). The van der Waals surface area contributed by atoms with Gasteiger partial charge in [0.15, 0.2) is 6.29 Å². The maximum absolute atomic E-state index is 13.0. The van der Waals surface area contributed by atoms with E-state index in [0.29, 0.717) is 56.7 Å². The smallest absolute Gasteiger partial charge is 0.243 e. The van der Waals surface area contributed by atoms with Crippen molar-refractivity contribution in [2.24, 2.45) is 5.92 Å². The van der Waals surface area contributed by atoms with Crippen molar-refractivity contribution in [3.05, 3.63) is 23.8 Å². The first-order valence-electron chi connectivity index (χ1n) is 10.9. The van der Waals surface area contributed by atoms with Crippen LogP contribution in [0.2, 0.25) is 0 Å². The molecule has 0 bridgehead atoms. The van der Waals surface area contributed by atoms with Crippen molar-refractivity contribution < 1.29 is 27.4 Å². The first-order chi connectivity index (χ1) is 14.9. The lowest BCUT2D eigenvalue weighted by molar-refractivity contribution is -0.119. The Bertz CT molecular complexity index is 873. The first-order valence-corrected chi connectivity index (χ1v) is 12.3. The molecule has 10 heteroatoms. The number of carbonyl (C=O) groups excluding carboxylic acids is 1. The van der Waals surface area contributed by atoms with Crippen molar-refractivity contribution in [2.45, 2.75) is 31.0 Å². The molecule has 3 aliphatic heterocycles. The van der Waals surface area contributed by atoms with Gasteiger partial charge in [0, 0.05) is 24.7 Å². The Morgan fingerprint density at radius 2 is 1.74 bits per heavy atom. The Labute approximate surface area is 183 Å². The van der Waals surface area contributed by atoms with E-state index in [-0.39, 0.29) is 23.6 Å². The van der Waals surface area contributed by atoms with Crippen LogP contribution in [0.5, 0.6) is 0 Å². The monoisotopic (exact) mass is 453 g/mol. The van der Waals surface area contributed by atoms with E-state index in [0.717, 1.165) is 25.9 Å². The van der Waals surface area contributed by atoms with Gasteiger partial charge in [-0.1, -0.05) is 6.07 Å². The molecule has 1 amide bonds. The zero-order valence-electron chi connectivity index (χ0n) is 17.9. The molecule has 3 saturated heterocycles. The van der Waals surface area contributed by atoms with Crippen LogP contribution in [0, 0.1) is 12.8 Å². The molecule has 1 aromatic carbocycles. The molecule has 0 aliphatic carbocycles. The van der Waals surface area contributed by atoms with E-state index < -0.39 is 10.0 Å². The highest BCUT2D eigenvalue weighted by atomic mass is 32.2. The highest BCUT2D eigenvalue weighted by molar-refractivity contribution is 7.89. The minimum atomic E-state index is -3.62. The van der Waals surface area contributed by atoms with E-state index in [1.807, 2.05) is 0 Å². The lowest BCUT2D eigenvalue weighted by atomic mass is 9.96. The summed E-state index contributed by atoms with van der Waals surface area (Å²) in [7, 11) is -3.62. The van der Waals surface area contributed by atoms with Crippen LogP contribution >= 0.6 is 0 Å². The molecule has 172 valence electrons. The summed E-state index contributed by atoms with van der Waals surface area (Å²) >= 11 is 0. The molecule has 3 heterocycles. The zero-order valence-corrected chi connectivity index (χ0v) is 18.7. The Kier molecular flexibility index (Phi) is 7.25. The Morgan fingerprint density at radius 1 is 1.06 bits per heavy atom. The SMILES string of the molecule is Cc1ccc(NC(=O)CN2CCC(C3OCCO3)CC2)cc1S(=O)(=O)N1CCOCC1. The fraction of sp³-hybridized carbons (Fsp3) is 0.667. The van der Waals surface area contributed by atoms with Gasteiger partial charge >= 0.3 is 0 Å². The van der Waals surface area contributed by atoms with Crippen LogP contribution in [-0.4, -0.2) is 89.0 Å². The van der Waals surface area contributed by atoms with Gasteiger partial charge in [-0.05, 0) is 50.6 Å². The molecule has 9 nitrogen and oxygen atoms in total. The number of aryl methyl sites for hydroxylation is 1. The van der Waals surface area contributed by atoms with E-state index in [1.165, 1.54) is 4.31 Å². The number of nitrogens with zero attached hydrogens (tertiary/aromatic N) is 2. The third kappa shape index (κ3) is 5.44. The number of morpholine rings is 1. The molecule has 0 saturated carbocycles. The number of hydrogen-bond acceptors (Lipinski definition) is 7. The van der Waals surface area contributed by atoms with Gasteiger partial charge in [-0.15, -0.1) is 0 Å². The third-order valence-corrected chi connectivity index (χ3v) is 8.13. The van der Waals surface area contributed by atoms with Gasteiger partial charge in [0.05, 0.1) is 37.9 Å². The van der Waals surface area contributed by atoms with Crippen LogP contribution in [0.15, 0.2) is 23.1 Å². The summed E-state index contributed by atoms with van der Waals surface area (Å²) in [5.41, 5.74) is 1.15. The summed E-state index contributed by atoms with van der Waals surface area (Å²) in [6.07, 6.45) is 1.77. The number of anilines is 1. The van der Waals surface area contributed by atoms with Gasteiger partial charge in [0.2, 0.25) is 15.9 Å². The lowest BCUT2D eigenvalue weighted by Gasteiger charge is -2.33. The van der Waals surface area contributed by atoms with Crippen LogP contribution in [-0.2, 0) is 29.0 Å². The molecule has 3 fully saturated rings. The molecule has 1 aromatic rings. The summed E-state index contributed by atoms with van der Waals surface area (Å²) in [4.78, 5) is 14.9. The van der Waals surface area contributed by atoms with Crippen LogP contribution in [0.1, 0.15) is 18.4 Å². The zero-order chi connectivity index (χ0) is 21.8. The van der Waals surface area contributed by atoms with Crippen molar-refractivity contribution in [1.82, 2.24) is 9.21 Å². The predicted octanol–water partition coefficient (Wildman–Crippen LogP) is 1.04. The number of ether oxygens (including phenoxy) is 3. The largest absolute Gasteiger partial charge is 0.379 e. The number of piperidine rings is 1. The van der Waals surface area contributed by atoms with Crippen molar-refractivity contribution in [3.8, 4) is 0 Å². The molecule has 0 aromatic heterocycles. The molecule has 1 N–H and O–H groups in total. The first kappa shape index (κ1) is 22.6. The van der Waals surface area contributed by atoms with Crippen LogP contribution < -0.4 is 5.32 Å². The van der Waals surface area contributed by atoms with Gasteiger partial charge in [-0.2, -0.15) is 4.31 Å². The van der Waals surface area contributed by atoms with Gasteiger partial charge in [-0.3, -0.25) is 9.69 Å². The fourth-order valence-electron chi connectivity index (χ4n) is 4.32. The summed E-state index contributed by atoms with van der Waals surface area (Å²) < 4.78 is 44.0. The highest BCUT2D eigenvalue weighted by Gasteiger charge is 2.31. The van der Waals surface area contributed by atoms with Gasteiger partial charge < -0.3 is 19.5 Å². The second-order valence-corrected chi connectivity index (χ2v) is 10.2. The van der Waals surface area contributed by atoms with Gasteiger partial charge in [0.1, 0.15) is 0 Å². The summed E-state index contributed by atoms with van der Waals surface area (Å²) in [6.45, 7) is 6.45. The maximum Gasteiger partial charge on any atom is 0.243 e. The fourth-order valence-corrected chi connectivity index (χ4v) is 5.98. The van der Waals surface area contributed by atoms with Crippen molar-refractivity contribution in [2.75, 3.05) is 64.5 Å². The second kappa shape index (κ2) is 9.93. The molecule has 31 heavy (non-hydrogen) atoms. The van der Waals surface area contributed by atoms with E-state index in [4.69, 9.17) is 14.2 Å². The molecular formula is C21H31N3O6S. The van der Waals surface area contributed by atoms with Crippen molar-refractivity contribution >= 4 is 21.6 Å². The van der Waals surface area contributed by atoms with Crippen LogP contribution in [0.3, 0.4) is 0 Å². The lowest BCUT2D eigenvalue weighted by Crippen LogP contribution is -2.42. The molecular weight excluding hydrogens is 422 g/mol. The number of carbonyl (C=O) groups is 1. The van der Waals surface area contributed by atoms with E-state index in [9.17, 15) is 13.2 Å². The highest BCUT2D eigenvalue weighted by Crippen LogP contribution is 2.26. The normalized spacial score (nSPS) is 22.6. The number of amides is 1. The topological polar surface area (TPSA) is 97.4 Å². The van der Waals surface area contributed by atoms with Gasteiger partial charge in [-0.25, -0.2) is 8.42 Å².